The number of hydrogen-bond donors (Lipinski definition) is 1. The van der Waals surface area contributed by atoms with Crippen LogP contribution in [0.15, 0.2) is 0 Å². The van der Waals surface area contributed by atoms with Gasteiger partial charge in [0.15, 0.2) is 0 Å². The fraction of sp³-hybridized carbons (Fsp3) is 0.800. The third kappa shape index (κ3) is 5.33. The lowest BCUT2D eigenvalue weighted by atomic mass is 10.2. The van der Waals surface area contributed by atoms with Crippen molar-refractivity contribution in [3.8, 4) is 0 Å². The molecule has 0 aliphatic carbocycles. The molecule has 1 aromatic heterocycles. The zero-order chi connectivity index (χ0) is 14.3. The summed E-state index contributed by atoms with van der Waals surface area (Å²) in [6.07, 6.45) is 1.02. The lowest BCUT2D eigenvalue weighted by Gasteiger charge is -2.08. The van der Waals surface area contributed by atoms with Crippen molar-refractivity contribution in [2.45, 2.75) is 54.1 Å². The van der Waals surface area contributed by atoms with Crippen molar-refractivity contribution in [1.82, 2.24) is 15.1 Å². The Hall–Kier alpha value is -0.870. The van der Waals surface area contributed by atoms with Crippen LogP contribution < -0.4 is 5.32 Å². The lowest BCUT2D eigenvalue weighted by Crippen LogP contribution is -2.19. The van der Waals surface area contributed by atoms with E-state index in [1.165, 1.54) is 11.3 Å². The van der Waals surface area contributed by atoms with E-state index in [4.69, 9.17) is 4.74 Å². The minimum Gasteiger partial charge on any atom is -0.382 e. The highest BCUT2D eigenvalue weighted by atomic mass is 16.5. The number of nitrogens with one attached hydrogen (secondary N) is 1. The minimum absolute atomic E-state index is 0.682. The van der Waals surface area contributed by atoms with E-state index in [0.717, 1.165) is 45.0 Å². The van der Waals surface area contributed by atoms with Gasteiger partial charge in [0.2, 0.25) is 0 Å². The molecule has 19 heavy (non-hydrogen) atoms. The molecular formula is C15H29N3O. The Bertz CT molecular complexity index is 372. The van der Waals surface area contributed by atoms with Crippen molar-refractivity contribution in [2.75, 3.05) is 19.8 Å². The molecule has 1 rings (SSSR count). The van der Waals surface area contributed by atoms with Crippen molar-refractivity contribution in [2.24, 2.45) is 5.92 Å². The fourth-order valence-corrected chi connectivity index (χ4v) is 2.15. The predicted molar refractivity (Wildman–Crippen MR) is 79.4 cm³/mol. The summed E-state index contributed by atoms with van der Waals surface area (Å²) >= 11 is 0. The molecule has 110 valence electrons. The first-order valence-electron chi connectivity index (χ1n) is 7.37. The third-order valence-corrected chi connectivity index (χ3v) is 3.25. The lowest BCUT2D eigenvalue weighted by molar-refractivity contribution is 0.140. The van der Waals surface area contributed by atoms with E-state index < -0.39 is 0 Å². The molecule has 4 heteroatoms. The SMILES string of the molecule is CCOCCCn1nc(C)c(CNCC(C)C)c1C. The Kier molecular flexibility index (Phi) is 7.10. The van der Waals surface area contributed by atoms with Gasteiger partial charge in [0.1, 0.15) is 0 Å². The topological polar surface area (TPSA) is 39.1 Å². The molecule has 0 spiro atoms. The Balaban J connectivity index is 2.51. The molecule has 0 saturated carbocycles. The van der Waals surface area contributed by atoms with Crippen LogP contribution in [0.5, 0.6) is 0 Å². The normalized spacial score (nSPS) is 11.5. The summed E-state index contributed by atoms with van der Waals surface area (Å²) in [6.45, 7) is 15.3. The van der Waals surface area contributed by atoms with Gasteiger partial charge < -0.3 is 10.1 Å². The highest BCUT2D eigenvalue weighted by Crippen LogP contribution is 2.13. The molecule has 0 aliphatic heterocycles. The first kappa shape index (κ1) is 16.2. The Morgan fingerprint density at radius 1 is 1.32 bits per heavy atom. The number of aryl methyl sites for hydroxylation is 2. The second-order valence-corrected chi connectivity index (χ2v) is 5.45. The summed E-state index contributed by atoms with van der Waals surface area (Å²) in [5.74, 6) is 0.682. The van der Waals surface area contributed by atoms with Crippen LogP contribution in [0.25, 0.3) is 0 Å². The molecule has 0 saturated heterocycles. The van der Waals surface area contributed by atoms with Gasteiger partial charge in [0, 0.05) is 37.6 Å². The van der Waals surface area contributed by atoms with Crippen LogP contribution in [0.1, 0.15) is 44.1 Å². The molecule has 1 N–H and O–H groups in total. The molecule has 0 bridgehead atoms. The number of rotatable bonds is 9. The van der Waals surface area contributed by atoms with Crippen LogP contribution in [-0.4, -0.2) is 29.5 Å². The summed E-state index contributed by atoms with van der Waals surface area (Å²) in [4.78, 5) is 0. The third-order valence-electron chi connectivity index (χ3n) is 3.25. The average Bonchev–Trinajstić information content (AvgIpc) is 2.62. The number of hydrogen-bond acceptors (Lipinski definition) is 3. The van der Waals surface area contributed by atoms with Crippen molar-refractivity contribution < 1.29 is 4.74 Å². The van der Waals surface area contributed by atoms with Crippen LogP contribution in [0, 0.1) is 19.8 Å². The first-order chi connectivity index (χ1) is 9.06. The van der Waals surface area contributed by atoms with E-state index in [-0.39, 0.29) is 0 Å². The van der Waals surface area contributed by atoms with E-state index in [1.807, 2.05) is 6.92 Å². The van der Waals surface area contributed by atoms with Gasteiger partial charge in [-0.15, -0.1) is 0 Å². The van der Waals surface area contributed by atoms with Crippen LogP contribution in [-0.2, 0) is 17.8 Å². The molecule has 0 unspecified atom stereocenters. The molecule has 0 amide bonds. The standard InChI is InChI=1S/C15H29N3O/c1-6-19-9-7-8-18-14(5)15(13(4)17-18)11-16-10-12(2)3/h12,16H,6-11H2,1-5H3. The summed E-state index contributed by atoms with van der Waals surface area (Å²) in [5.41, 5.74) is 3.77. The van der Waals surface area contributed by atoms with Crippen molar-refractivity contribution in [1.29, 1.82) is 0 Å². The second-order valence-electron chi connectivity index (χ2n) is 5.45. The van der Waals surface area contributed by atoms with Gasteiger partial charge in [-0.25, -0.2) is 0 Å². The van der Waals surface area contributed by atoms with Crippen LogP contribution in [0.3, 0.4) is 0 Å². The molecule has 0 radical (unpaired) electrons. The largest absolute Gasteiger partial charge is 0.382 e. The Morgan fingerprint density at radius 2 is 2.05 bits per heavy atom. The molecular weight excluding hydrogens is 238 g/mol. The van der Waals surface area contributed by atoms with Crippen molar-refractivity contribution >= 4 is 0 Å². The summed E-state index contributed by atoms with van der Waals surface area (Å²) in [5, 5.41) is 8.12. The van der Waals surface area contributed by atoms with E-state index in [1.54, 1.807) is 0 Å². The van der Waals surface area contributed by atoms with Crippen LogP contribution in [0.2, 0.25) is 0 Å². The monoisotopic (exact) mass is 267 g/mol. The molecule has 0 atom stereocenters. The molecule has 0 aliphatic rings. The van der Waals surface area contributed by atoms with E-state index in [9.17, 15) is 0 Å². The molecule has 4 nitrogen and oxygen atoms in total. The number of ether oxygens (including phenoxy) is 1. The van der Waals surface area contributed by atoms with Crippen molar-refractivity contribution in [3.63, 3.8) is 0 Å². The highest BCUT2D eigenvalue weighted by Gasteiger charge is 2.10. The smallest absolute Gasteiger partial charge is 0.0641 e. The number of nitrogens with zero attached hydrogens (tertiary/aromatic N) is 2. The fourth-order valence-electron chi connectivity index (χ4n) is 2.15. The zero-order valence-electron chi connectivity index (χ0n) is 13.1. The Morgan fingerprint density at radius 3 is 2.68 bits per heavy atom. The van der Waals surface area contributed by atoms with Gasteiger partial charge in [0.05, 0.1) is 5.69 Å². The molecule has 0 fully saturated rings. The van der Waals surface area contributed by atoms with E-state index in [2.05, 4.69) is 42.8 Å². The summed E-state index contributed by atoms with van der Waals surface area (Å²) in [6, 6.07) is 0. The van der Waals surface area contributed by atoms with E-state index >= 15 is 0 Å². The predicted octanol–water partition coefficient (Wildman–Crippen LogP) is 2.67. The van der Waals surface area contributed by atoms with Crippen LogP contribution >= 0.6 is 0 Å². The van der Waals surface area contributed by atoms with Crippen LogP contribution in [0.4, 0.5) is 0 Å². The zero-order valence-corrected chi connectivity index (χ0v) is 13.1. The summed E-state index contributed by atoms with van der Waals surface area (Å²) in [7, 11) is 0. The summed E-state index contributed by atoms with van der Waals surface area (Å²) < 4.78 is 7.48. The Labute approximate surface area is 117 Å². The van der Waals surface area contributed by atoms with E-state index in [0.29, 0.717) is 5.92 Å². The maximum absolute atomic E-state index is 5.37. The maximum Gasteiger partial charge on any atom is 0.0641 e. The van der Waals surface area contributed by atoms with Gasteiger partial charge in [-0.05, 0) is 39.7 Å². The molecule has 1 aromatic rings. The minimum atomic E-state index is 0.682. The molecule has 0 aromatic carbocycles. The number of aromatic nitrogens is 2. The highest BCUT2D eigenvalue weighted by molar-refractivity contribution is 5.24. The maximum atomic E-state index is 5.37. The van der Waals surface area contributed by atoms with Gasteiger partial charge >= 0.3 is 0 Å². The first-order valence-corrected chi connectivity index (χ1v) is 7.37. The quantitative estimate of drug-likeness (QED) is 0.699. The van der Waals surface area contributed by atoms with Gasteiger partial charge in [-0.2, -0.15) is 5.10 Å². The molecule has 1 heterocycles. The second kappa shape index (κ2) is 8.33. The van der Waals surface area contributed by atoms with Gasteiger partial charge in [0.25, 0.3) is 0 Å². The average molecular weight is 267 g/mol. The van der Waals surface area contributed by atoms with Crippen molar-refractivity contribution in [3.05, 3.63) is 17.0 Å². The van der Waals surface area contributed by atoms with Gasteiger partial charge in [-0.1, -0.05) is 13.8 Å². The van der Waals surface area contributed by atoms with Gasteiger partial charge in [-0.3, -0.25) is 4.68 Å².